The van der Waals surface area contributed by atoms with Crippen molar-refractivity contribution in [1.82, 2.24) is 49.5 Å². The Morgan fingerprint density at radius 2 is 1.29 bits per heavy atom. The van der Waals surface area contributed by atoms with Crippen molar-refractivity contribution in [3.05, 3.63) is 84.4 Å². The van der Waals surface area contributed by atoms with Crippen LogP contribution in [0, 0.1) is 0 Å². The first kappa shape index (κ1) is 37.9. The second-order valence-corrected chi connectivity index (χ2v) is 15.1. The van der Waals surface area contributed by atoms with Gasteiger partial charge in [0.05, 0.1) is 10.8 Å². The summed E-state index contributed by atoms with van der Waals surface area (Å²) in [6, 6.07) is 21.2. The normalized spacial score (nSPS) is 15.7. The highest BCUT2D eigenvalue weighted by Crippen LogP contribution is 2.29. The van der Waals surface area contributed by atoms with E-state index in [4.69, 9.17) is 0 Å². The molecule has 4 aromatic heterocycles. The largest absolute Gasteiger partial charge is 0.367 e. The maximum absolute atomic E-state index is 12.7. The molecule has 0 spiro atoms. The Labute approximate surface area is 323 Å². The lowest BCUT2D eigenvalue weighted by Gasteiger charge is -2.32. The Hall–Kier alpha value is -5.37. The lowest BCUT2D eigenvalue weighted by atomic mass is 10.1. The van der Waals surface area contributed by atoms with Crippen molar-refractivity contribution >= 4 is 39.6 Å². The zero-order valence-corrected chi connectivity index (χ0v) is 33.0. The number of nitrogens with zero attached hydrogens (tertiary/aromatic N) is 9. The van der Waals surface area contributed by atoms with Gasteiger partial charge in [-0.05, 0) is 75.8 Å². The van der Waals surface area contributed by atoms with Crippen molar-refractivity contribution in [2.45, 2.75) is 33.4 Å². The standard InChI is InChI=1S/C21H26N6O.C21H28N6/c1-4-26(3)20-17-13-18(24-19(17)22-14-23-20)15-5-7-16(8-6-15)21(28)27-11-9-25(2)10-12-27;1-15(2)24-20-18-12-19(25-21(18)23-14-22-20)17-6-4-16(5-7-17)13-27-10-8-26(3)9-11-27/h5-8,13-14H,4,9-12H2,1-3H3,(H,22,23,24);4-7,12,14-15H,8-11,13H2,1-3H3,(H2,22,23,24,25). The third-order valence-corrected chi connectivity index (χ3v) is 10.6. The number of rotatable bonds is 9. The molecule has 13 nitrogen and oxygen atoms in total. The average molecular weight is 743 g/mol. The molecule has 0 unspecified atom stereocenters. The molecule has 1 amide bonds. The van der Waals surface area contributed by atoms with Gasteiger partial charge in [-0.3, -0.25) is 9.69 Å². The number of benzene rings is 2. The SMILES string of the molecule is CC(C)Nc1ncnc2[nH]c(-c3ccc(CN4CCN(C)CC4)cc3)cc12.CCN(C)c1ncnc2[nH]c(-c3ccc(C(=O)N4CCN(C)CC4)cc3)cc12. The molecule has 0 atom stereocenters. The van der Waals surface area contributed by atoms with Crippen LogP contribution in [0.5, 0.6) is 0 Å². The highest BCUT2D eigenvalue weighted by molar-refractivity contribution is 5.96. The van der Waals surface area contributed by atoms with E-state index in [-0.39, 0.29) is 5.91 Å². The summed E-state index contributed by atoms with van der Waals surface area (Å²) in [5.74, 6) is 1.90. The summed E-state index contributed by atoms with van der Waals surface area (Å²) < 4.78 is 0. The predicted molar refractivity (Wildman–Crippen MR) is 223 cm³/mol. The van der Waals surface area contributed by atoms with Gasteiger partial charge in [-0.15, -0.1) is 0 Å². The maximum atomic E-state index is 12.7. The molecule has 6 aromatic rings. The van der Waals surface area contributed by atoms with Crippen LogP contribution >= 0.6 is 0 Å². The number of aromatic amines is 2. The molecule has 2 aliphatic rings. The van der Waals surface area contributed by atoms with Crippen molar-refractivity contribution in [1.29, 1.82) is 0 Å². The zero-order chi connectivity index (χ0) is 38.5. The first-order chi connectivity index (χ1) is 26.6. The lowest BCUT2D eigenvalue weighted by molar-refractivity contribution is 0.0664. The summed E-state index contributed by atoms with van der Waals surface area (Å²) >= 11 is 0. The maximum Gasteiger partial charge on any atom is 0.253 e. The summed E-state index contributed by atoms with van der Waals surface area (Å²) in [5.41, 5.74) is 8.02. The molecule has 2 aliphatic heterocycles. The number of carbonyl (C=O) groups is 1. The molecule has 288 valence electrons. The molecule has 2 saturated heterocycles. The predicted octanol–water partition coefficient (Wildman–Crippen LogP) is 5.66. The number of fused-ring (bicyclic) bond motifs is 2. The number of H-pyrrole nitrogens is 2. The van der Waals surface area contributed by atoms with Crippen LogP contribution in [-0.4, -0.2) is 141 Å². The fraction of sp³-hybridized carbons (Fsp3) is 0.405. The molecule has 2 fully saturated rings. The Morgan fingerprint density at radius 1 is 0.745 bits per heavy atom. The summed E-state index contributed by atoms with van der Waals surface area (Å²) in [7, 11) is 6.30. The number of anilines is 2. The summed E-state index contributed by atoms with van der Waals surface area (Å²) in [6.45, 7) is 16.2. The van der Waals surface area contributed by atoms with Crippen LogP contribution in [0.2, 0.25) is 0 Å². The van der Waals surface area contributed by atoms with Crippen molar-refractivity contribution in [3.63, 3.8) is 0 Å². The summed E-state index contributed by atoms with van der Waals surface area (Å²) in [5, 5.41) is 5.42. The fourth-order valence-electron chi connectivity index (χ4n) is 7.06. The Morgan fingerprint density at radius 3 is 1.89 bits per heavy atom. The van der Waals surface area contributed by atoms with E-state index in [9.17, 15) is 4.79 Å². The van der Waals surface area contributed by atoms with E-state index < -0.39 is 0 Å². The topological polar surface area (TPSA) is 128 Å². The van der Waals surface area contributed by atoms with Gasteiger partial charge in [0.2, 0.25) is 0 Å². The number of nitrogens with one attached hydrogen (secondary N) is 3. The summed E-state index contributed by atoms with van der Waals surface area (Å²) in [4.78, 5) is 48.3. The Kier molecular flexibility index (Phi) is 11.7. The van der Waals surface area contributed by atoms with Crippen molar-refractivity contribution in [3.8, 4) is 22.5 Å². The molecule has 0 aliphatic carbocycles. The van der Waals surface area contributed by atoms with Crippen molar-refractivity contribution < 1.29 is 4.79 Å². The number of aromatic nitrogens is 6. The average Bonchev–Trinajstić information content (AvgIpc) is 3.85. The third-order valence-electron chi connectivity index (χ3n) is 10.6. The number of hydrogen-bond acceptors (Lipinski definition) is 10. The molecule has 2 aromatic carbocycles. The molecule has 6 heterocycles. The molecule has 0 radical (unpaired) electrons. The number of amides is 1. The number of hydrogen-bond donors (Lipinski definition) is 3. The minimum atomic E-state index is 0.106. The minimum Gasteiger partial charge on any atom is -0.367 e. The van der Waals surface area contributed by atoms with Crippen LogP contribution in [0.25, 0.3) is 44.6 Å². The Bertz CT molecular complexity index is 2180. The minimum absolute atomic E-state index is 0.106. The molecular weight excluding hydrogens is 689 g/mol. The number of piperazine rings is 2. The van der Waals surface area contributed by atoms with E-state index in [0.717, 1.165) is 122 Å². The van der Waals surface area contributed by atoms with Gasteiger partial charge in [0.15, 0.2) is 0 Å². The van der Waals surface area contributed by atoms with Gasteiger partial charge in [-0.25, -0.2) is 19.9 Å². The first-order valence-electron chi connectivity index (χ1n) is 19.4. The van der Waals surface area contributed by atoms with Gasteiger partial charge >= 0.3 is 0 Å². The van der Waals surface area contributed by atoms with Crippen LogP contribution in [0.1, 0.15) is 36.7 Å². The van der Waals surface area contributed by atoms with E-state index >= 15 is 0 Å². The van der Waals surface area contributed by atoms with Crippen molar-refractivity contribution in [2.75, 3.05) is 90.3 Å². The highest BCUT2D eigenvalue weighted by Gasteiger charge is 2.21. The van der Waals surface area contributed by atoms with Crippen LogP contribution < -0.4 is 10.2 Å². The molecule has 13 heteroatoms. The van der Waals surface area contributed by atoms with Gasteiger partial charge in [0, 0.05) is 95.5 Å². The van der Waals surface area contributed by atoms with Crippen molar-refractivity contribution in [2.24, 2.45) is 0 Å². The van der Waals surface area contributed by atoms with Gasteiger partial charge in [0.1, 0.15) is 35.6 Å². The molecule has 3 N–H and O–H groups in total. The zero-order valence-electron chi connectivity index (χ0n) is 33.0. The molecule has 0 bridgehead atoms. The molecular formula is C42H54N12O. The number of carbonyl (C=O) groups excluding carboxylic acids is 1. The molecule has 55 heavy (non-hydrogen) atoms. The van der Waals surface area contributed by atoms with Gasteiger partial charge in [-0.1, -0.05) is 36.4 Å². The lowest BCUT2D eigenvalue weighted by Crippen LogP contribution is -2.47. The summed E-state index contributed by atoms with van der Waals surface area (Å²) in [6.07, 6.45) is 3.19. The van der Waals surface area contributed by atoms with Gasteiger partial charge in [0.25, 0.3) is 5.91 Å². The first-order valence-corrected chi connectivity index (χ1v) is 19.4. The second kappa shape index (κ2) is 17.0. The van der Waals surface area contributed by atoms with E-state index in [1.54, 1.807) is 12.7 Å². The quantitative estimate of drug-likeness (QED) is 0.171. The van der Waals surface area contributed by atoms with Crippen LogP contribution in [0.15, 0.2) is 73.3 Å². The van der Waals surface area contributed by atoms with E-state index in [2.05, 4.69) is 126 Å². The van der Waals surface area contributed by atoms with Crippen LogP contribution in [-0.2, 0) is 6.54 Å². The highest BCUT2D eigenvalue weighted by atomic mass is 16.2. The van der Waals surface area contributed by atoms with E-state index in [1.165, 1.54) is 11.1 Å². The number of likely N-dealkylation sites (N-methyl/N-ethyl adjacent to an activating group) is 2. The monoisotopic (exact) mass is 742 g/mol. The molecule has 0 saturated carbocycles. The van der Waals surface area contributed by atoms with Gasteiger partial charge < -0.3 is 34.9 Å². The molecule has 8 rings (SSSR count). The second-order valence-electron chi connectivity index (χ2n) is 15.1. The van der Waals surface area contributed by atoms with E-state index in [1.807, 2.05) is 36.2 Å². The third kappa shape index (κ3) is 8.96. The van der Waals surface area contributed by atoms with Crippen LogP contribution in [0.3, 0.4) is 0 Å². The Balaban J connectivity index is 0.000000169. The smallest absolute Gasteiger partial charge is 0.253 e. The van der Waals surface area contributed by atoms with Crippen LogP contribution in [0.4, 0.5) is 11.6 Å². The van der Waals surface area contributed by atoms with Gasteiger partial charge in [-0.2, -0.15) is 0 Å². The fourth-order valence-corrected chi connectivity index (χ4v) is 7.06. The van der Waals surface area contributed by atoms with E-state index in [0.29, 0.717) is 6.04 Å².